The fourth-order valence-electron chi connectivity index (χ4n) is 7.47. The number of rotatable bonds is 6. The summed E-state index contributed by atoms with van der Waals surface area (Å²) in [6.45, 7) is 15.8. The standard InChI is InChI=1S/C22H30ClN3O4.C17H22ClN3O2/c1-15(2)25-13-18(27)26(12-16-6-8-17(23)9-7-16)22(19(25)28)10-11-24(14-22)20(29)30-21(3,4)5;1-12(2)20-10-15(22)21(9-13-3-5-14(18)6-4-13)17(16(20)23)7-8-19-11-17/h6-9,15H,10-14H2,1-5H3;3-6,12,19H,7-11H2,1-2H3. The van der Waals surface area contributed by atoms with Crippen molar-refractivity contribution in [3.63, 3.8) is 0 Å². The number of likely N-dealkylation sites (tertiary alicyclic amines) is 1. The van der Waals surface area contributed by atoms with Crippen molar-refractivity contribution in [2.45, 2.75) is 103 Å². The molecule has 5 amide bonds. The molecule has 2 unspecified atom stereocenters. The Balaban J connectivity index is 0.000000211. The molecule has 0 aliphatic carbocycles. The third-order valence-electron chi connectivity index (χ3n) is 10.4. The predicted molar refractivity (Wildman–Crippen MR) is 203 cm³/mol. The van der Waals surface area contributed by atoms with Gasteiger partial charge in [0.05, 0.1) is 6.54 Å². The van der Waals surface area contributed by atoms with Crippen molar-refractivity contribution in [1.29, 1.82) is 0 Å². The SMILES string of the molecule is CC(C)N1CC(=O)N(Cc2ccc(Cl)cc2)C2(CCN(C(=O)OC(C)(C)C)C2)C1=O.CC(C)N1CC(=O)N(Cc2ccc(Cl)cc2)C2(CCNC2)C1=O. The van der Waals surface area contributed by atoms with Crippen LogP contribution in [0, 0.1) is 0 Å². The Kier molecular flexibility index (Phi) is 12.1. The smallest absolute Gasteiger partial charge is 0.410 e. The fraction of sp³-hybridized carbons (Fsp3) is 0.564. The lowest BCUT2D eigenvalue weighted by atomic mass is 9.89. The first kappa shape index (κ1) is 40.3. The van der Waals surface area contributed by atoms with Crippen molar-refractivity contribution in [2.75, 3.05) is 39.3 Å². The Morgan fingerprint density at radius 2 is 1.21 bits per heavy atom. The number of halogens is 2. The molecule has 4 fully saturated rings. The summed E-state index contributed by atoms with van der Waals surface area (Å²) in [5.41, 5.74) is -0.602. The van der Waals surface area contributed by atoms with Crippen LogP contribution < -0.4 is 5.32 Å². The highest BCUT2D eigenvalue weighted by atomic mass is 35.5. The summed E-state index contributed by atoms with van der Waals surface area (Å²) in [5.74, 6) is -0.163. The summed E-state index contributed by atoms with van der Waals surface area (Å²) >= 11 is 11.9. The number of benzene rings is 2. The molecule has 53 heavy (non-hydrogen) atoms. The van der Waals surface area contributed by atoms with Gasteiger partial charge < -0.3 is 34.6 Å². The molecular weight excluding hydrogens is 719 g/mol. The zero-order valence-electron chi connectivity index (χ0n) is 31.8. The van der Waals surface area contributed by atoms with E-state index >= 15 is 0 Å². The zero-order valence-corrected chi connectivity index (χ0v) is 33.3. The van der Waals surface area contributed by atoms with Crippen LogP contribution in [0.25, 0.3) is 0 Å². The predicted octanol–water partition coefficient (Wildman–Crippen LogP) is 4.95. The molecule has 0 radical (unpaired) electrons. The summed E-state index contributed by atoms with van der Waals surface area (Å²) < 4.78 is 5.50. The van der Waals surface area contributed by atoms with E-state index in [4.69, 9.17) is 27.9 Å². The molecule has 0 bridgehead atoms. The topological polar surface area (TPSA) is 123 Å². The van der Waals surface area contributed by atoms with Gasteiger partial charge in [-0.05, 0) is 103 Å². The molecule has 4 saturated heterocycles. The summed E-state index contributed by atoms with van der Waals surface area (Å²) in [5, 5.41) is 4.53. The zero-order chi connectivity index (χ0) is 38.9. The first-order valence-corrected chi connectivity index (χ1v) is 19.0. The molecule has 4 aliphatic rings. The fourth-order valence-corrected chi connectivity index (χ4v) is 7.72. The molecule has 4 aliphatic heterocycles. The van der Waals surface area contributed by atoms with Gasteiger partial charge in [0.1, 0.15) is 29.8 Å². The molecule has 6 rings (SSSR count). The maximum absolute atomic E-state index is 13.6. The van der Waals surface area contributed by atoms with E-state index in [2.05, 4.69) is 5.32 Å². The van der Waals surface area contributed by atoms with E-state index in [0.29, 0.717) is 42.5 Å². The van der Waals surface area contributed by atoms with Gasteiger partial charge in [0.2, 0.25) is 11.8 Å². The van der Waals surface area contributed by atoms with Gasteiger partial charge in [0, 0.05) is 48.3 Å². The van der Waals surface area contributed by atoms with Crippen LogP contribution in [0.15, 0.2) is 48.5 Å². The average Bonchev–Trinajstić information content (AvgIpc) is 3.76. The second kappa shape index (κ2) is 15.8. The van der Waals surface area contributed by atoms with Crippen molar-refractivity contribution < 1.29 is 28.7 Å². The van der Waals surface area contributed by atoms with E-state index in [0.717, 1.165) is 17.7 Å². The van der Waals surface area contributed by atoms with Crippen LogP contribution in [0.3, 0.4) is 0 Å². The number of hydrogen-bond donors (Lipinski definition) is 1. The number of carbonyl (C=O) groups excluding carboxylic acids is 5. The van der Waals surface area contributed by atoms with Gasteiger partial charge in [-0.25, -0.2) is 4.79 Å². The maximum Gasteiger partial charge on any atom is 0.410 e. The van der Waals surface area contributed by atoms with E-state index < -0.39 is 22.8 Å². The number of amides is 5. The summed E-state index contributed by atoms with van der Waals surface area (Å²) in [7, 11) is 0. The summed E-state index contributed by atoms with van der Waals surface area (Å²) in [6, 6.07) is 14.6. The largest absolute Gasteiger partial charge is 0.444 e. The minimum Gasteiger partial charge on any atom is -0.444 e. The molecule has 2 spiro atoms. The average molecular weight is 772 g/mol. The molecule has 2 aromatic rings. The third kappa shape index (κ3) is 8.60. The second-order valence-electron chi connectivity index (χ2n) is 15.9. The quantitative estimate of drug-likeness (QED) is 0.441. The van der Waals surface area contributed by atoms with E-state index in [1.54, 1.807) is 52.5 Å². The van der Waals surface area contributed by atoms with Gasteiger partial charge in [-0.15, -0.1) is 0 Å². The van der Waals surface area contributed by atoms with Gasteiger partial charge in [0.15, 0.2) is 0 Å². The van der Waals surface area contributed by atoms with Crippen LogP contribution in [0.1, 0.15) is 72.4 Å². The van der Waals surface area contributed by atoms with E-state index in [-0.39, 0.29) is 61.9 Å². The lowest BCUT2D eigenvalue weighted by Gasteiger charge is -2.48. The van der Waals surface area contributed by atoms with Crippen LogP contribution in [-0.4, -0.2) is 122 Å². The first-order chi connectivity index (χ1) is 24.9. The van der Waals surface area contributed by atoms with Gasteiger partial charge in [-0.2, -0.15) is 0 Å². The first-order valence-electron chi connectivity index (χ1n) is 18.3. The molecular formula is C39H52Cl2N6O6. The van der Waals surface area contributed by atoms with E-state index in [9.17, 15) is 24.0 Å². The van der Waals surface area contributed by atoms with Gasteiger partial charge in [-0.1, -0.05) is 47.5 Å². The third-order valence-corrected chi connectivity index (χ3v) is 10.9. The normalized spacial score (nSPS) is 23.6. The van der Waals surface area contributed by atoms with Crippen LogP contribution in [-0.2, 0) is 37.0 Å². The van der Waals surface area contributed by atoms with Gasteiger partial charge in [-0.3, -0.25) is 19.2 Å². The number of nitrogens with zero attached hydrogens (tertiary/aromatic N) is 5. The number of hydrogen-bond acceptors (Lipinski definition) is 7. The van der Waals surface area contributed by atoms with Crippen molar-refractivity contribution in [2.24, 2.45) is 0 Å². The molecule has 4 heterocycles. The van der Waals surface area contributed by atoms with E-state index in [1.165, 1.54) is 4.90 Å². The number of piperazine rings is 2. The highest BCUT2D eigenvalue weighted by Crippen LogP contribution is 2.37. The van der Waals surface area contributed by atoms with E-state index in [1.807, 2.05) is 64.1 Å². The Bertz CT molecular complexity index is 1690. The monoisotopic (exact) mass is 770 g/mol. The van der Waals surface area contributed by atoms with Crippen LogP contribution in [0.2, 0.25) is 10.0 Å². The summed E-state index contributed by atoms with van der Waals surface area (Å²) in [4.78, 5) is 73.5. The molecule has 288 valence electrons. The lowest BCUT2D eigenvalue weighted by Crippen LogP contribution is -2.69. The molecule has 2 atom stereocenters. The van der Waals surface area contributed by atoms with Crippen molar-refractivity contribution in [3.05, 3.63) is 69.7 Å². The summed E-state index contributed by atoms with van der Waals surface area (Å²) in [6.07, 6.45) is 0.579. The molecule has 12 nitrogen and oxygen atoms in total. The lowest BCUT2D eigenvalue weighted by molar-refractivity contribution is -0.166. The van der Waals surface area contributed by atoms with Crippen LogP contribution in [0.5, 0.6) is 0 Å². The van der Waals surface area contributed by atoms with Crippen LogP contribution >= 0.6 is 23.2 Å². The Labute approximate surface area is 322 Å². The highest BCUT2D eigenvalue weighted by molar-refractivity contribution is 6.30. The molecule has 0 aromatic heterocycles. The van der Waals surface area contributed by atoms with Gasteiger partial charge in [0.25, 0.3) is 11.8 Å². The number of ether oxygens (including phenoxy) is 1. The minimum absolute atomic E-state index is 0.0111. The molecule has 0 saturated carbocycles. The van der Waals surface area contributed by atoms with Gasteiger partial charge >= 0.3 is 6.09 Å². The van der Waals surface area contributed by atoms with Crippen LogP contribution in [0.4, 0.5) is 4.79 Å². The molecule has 2 aromatic carbocycles. The highest BCUT2D eigenvalue weighted by Gasteiger charge is 2.57. The Morgan fingerprint density at radius 1 is 0.755 bits per heavy atom. The van der Waals surface area contributed by atoms with Crippen molar-refractivity contribution >= 4 is 52.9 Å². The number of carbonyl (C=O) groups is 5. The minimum atomic E-state index is -1.09. The second-order valence-corrected chi connectivity index (χ2v) is 16.8. The Morgan fingerprint density at radius 3 is 1.62 bits per heavy atom. The Hall–Kier alpha value is -3.87. The molecule has 14 heteroatoms. The molecule has 1 N–H and O–H groups in total. The maximum atomic E-state index is 13.6. The number of nitrogens with one attached hydrogen (secondary N) is 1. The van der Waals surface area contributed by atoms with Crippen molar-refractivity contribution in [3.8, 4) is 0 Å². The van der Waals surface area contributed by atoms with Crippen molar-refractivity contribution in [1.82, 2.24) is 29.8 Å².